The zero-order valence-electron chi connectivity index (χ0n) is 12.3. The van der Waals surface area contributed by atoms with Crippen LogP contribution >= 0.6 is 11.3 Å². The molecule has 2 heterocycles. The highest BCUT2D eigenvalue weighted by Gasteiger charge is 2.34. The first-order valence-corrected chi connectivity index (χ1v) is 8.35. The number of aliphatic carboxylic acids is 1. The van der Waals surface area contributed by atoms with Crippen molar-refractivity contribution < 1.29 is 9.90 Å². The predicted octanol–water partition coefficient (Wildman–Crippen LogP) is 3.63. The highest BCUT2D eigenvalue weighted by atomic mass is 32.1. The fourth-order valence-electron chi connectivity index (χ4n) is 3.02. The molecule has 0 radical (unpaired) electrons. The smallest absolute Gasteiger partial charge is 0.306 e. The van der Waals surface area contributed by atoms with Crippen LogP contribution in [0.25, 0.3) is 21.2 Å². The molecule has 2 N–H and O–H groups in total. The van der Waals surface area contributed by atoms with Gasteiger partial charge in [0.05, 0.1) is 22.0 Å². The van der Waals surface area contributed by atoms with Crippen LogP contribution in [0.3, 0.4) is 0 Å². The van der Waals surface area contributed by atoms with Crippen molar-refractivity contribution in [3.05, 3.63) is 42.3 Å². The summed E-state index contributed by atoms with van der Waals surface area (Å²) in [4.78, 5) is 20.4. The fourth-order valence-corrected chi connectivity index (χ4v) is 3.67. The highest BCUT2D eigenvalue weighted by molar-refractivity contribution is 7.13. The second-order valence-corrected chi connectivity index (χ2v) is 6.68. The summed E-state index contributed by atoms with van der Waals surface area (Å²) in [5, 5.41) is 14.8. The van der Waals surface area contributed by atoms with Crippen LogP contribution in [-0.4, -0.2) is 27.1 Å². The highest BCUT2D eigenvalue weighted by Crippen LogP contribution is 2.39. The SMILES string of the molecule is O=C(O)[C@H]1C[C@@H](Nc2c(-c3cncs3)ccc3cnccc23)C1. The first-order valence-electron chi connectivity index (χ1n) is 7.47. The molecule has 0 aliphatic heterocycles. The monoisotopic (exact) mass is 325 g/mol. The van der Waals surface area contributed by atoms with Gasteiger partial charge in [-0.15, -0.1) is 11.3 Å². The van der Waals surface area contributed by atoms with Crippen molar-refractivity contribution in [1.82, 2.24) is 9.97 Å². The summed E-state index contributed by atoms with van der Waals surface area (Å²) in [6, 6.07) is 6.33. The number of fused-ring (bicyclic) bond motifs is 1. The standard InChI is InChI=1S/C17H15N3O2S/c21-17(22)11-5-12(6-11)20-16-13-3-4-18-7-10(13)1-2-14(16)15-8-19-9-23-15/h1-4,7-9,11-12,20H,5-6H2,(H,21,22)/t11-,12+. The van der Waals surface area contributed by atoms with Crippen LogP contribution < -0.4 is 5.32 Å². The number of carboxylic acids is 1. The second kappa shape index (κ2) is 5.62. The molecule has 1 saturated carbocycles. The lowest BCUT2D eigenvalue weighted by Crippen LogP contribution is -2.39. The van der Waals surface area contributed by atoms with Crippen molar-refractivity contribution in [3.63, 3.8) is 0 Å². The zero-order chi connectivity index (χ0) is 15.8. The molecule has 1 aliphatic carbocycles. The van der Waals surface area contributed by atoms with Crippen LogP contribution in [0.1, 0.15) is 12.8 Å². The molecular weight excluding hydrogens is 310 g/mol. The van der Waals surface area contributed by atoms with Crippen molar-refractivity contribution in [2.45, 2.75) is 18.9 Å². The number of hydrogen-bond acceptors (Lipinski definition) is 5. The maximum atomic E-state index is 11.0. The molecule has 116 valence electrons. The molecule has 5 nitrogen and oxygen atoms in total. The van der Waals surface area contributed by atoms with Crippen molar-refractivity contribution >= 4 is 33.8 Å². The molecule has 1 aliphatic rings. The lowest BCUT2D eigenvalue weighted by atomic mass is 9.80. The van der Waals surface area contributed by atoms with Crippen LogP contribution in [-0.2, 0) is 4.79 Å². The number of carboxylic acid groups (broad SMARTS) is 1. The average molecular weight is 325 g/mol. The first kappa shape index (κ1) is 14.1. The predicted molar refractivity (Wildman–Crippen MR) is 90.6 cm³/mol. The Labute approximate surface area is 137 Å². The summed E-state index contributed by atoms with van der Waals surface area (Å²) in [5.41, 5.74) is 3.97. The molecule has 1 aromatic carbocycles. The molecule has 23 heavy (non-hydrogen) atoms. The Bertz CT molecular complexity index is 857. The molecule has 1 fully saturated rings. The summed E-state index contributed by atoms with van der Waals surface area (Å²) in [7, 11) is 0. The van der Waals surface area contributed by atoms with E-state index >= 15 is 0 Å². The van der Waals surface area contributed by atoms with Gasteiger partial charge in [-0.25, -0.2) is 0 Å². The summed E-state index contributed by atoms with van der Waals surface area (Å²) < 4.78 is 0. The van der Waals surface area contributed by atoms with E-state index in [-0.39, 0.29) is 12.0 Å². The number of rotatable bonds is 4. The molecule has 0 spiro atoms. The van der Waals surface area contributed by atoms with Crippen LogP contribution in [0.4, 0.5) is 5.69 Å². The van der Waals surface area contributed by atoms with E-state index in [1.165, 1.54) is 0 Å². The Balaban J connectivity index is 1.73. The van der Waals surface area contributed by atoms with Crippen LogP contribution in [0.5, 0.6) is 0 Å². The first-order chi connectivity index (χ1) is 11.2. The van der Waals surface area contributed by atoms with E-state index in [2.05, 4.69) is 27.4 Å². The van der Waals surface area contributed by atoms with E-state index in [9.17, 15) is 4.79 Å². The number of aromatic nitrogens is 2. The Kier molecular flexibility index (Phi) is 3.46. The van der Waals surface area contributed by atoms with E-state index < -0.39 is 5.97 Å². The fraction of sp³-hybridized carbons (Fsp3) is 0.235. The number of benzene rings is 1. The zero-order valence-corrected chi connectivity index (χ0v) is 13.1. The Hall–Kier alpha value is -2.47. The van der Waals surface area contributed by atoms with Crippen LogP contribution in [0.2, 0.25) is 0 Å². The third-order valence-electron chi connectivity index (χ3n) is 4.35. The van der Waals surface area contributed by atoms with Gasteiger partial charge < -0.3 is 10.4 Å². The molecule has 2 aromatic heterocycles. The van der Waals surface area contributed by atoms with Gasteiger partial charge in [0.15, 0.2) is 0 Å². The largest absolute Gasteiger partial charge is 0.481 e. The number of carbonyl (C=O) groups is 1. The number of nitrogens with zero attached hydrogens (tertiary/aromatic N) is 2. The molecule has 0 bridgehead atoms. The summed E-state index contributed by atoms with van der Waals surface area (Å²) in [6.45, 7) is 0. The van der Waals surface area contributed by atoms with Gasteiger partial charge in [-0.1, -0.05) is 12.1 Å². The van der Waals surface area contributed by atoms with Crippen LogP contribution in [0, 0.1) is 5.92 Å². The van der Waals surface area contributed by atoms with Gasteiger partial charge in [-0.2, -0.15) is 0 Å². The maximum absolute atomic E-state index is 11.0. The maximum Gasteiger partial charge on any atom is 0.306 e. The molecular formula is C17H15N3O2S. The second-order valence-electron chi connectivity index (χ2n) is 5.80. The number of pyridine rings is 1. The summed E-state index contributed by atoms with van der Waals surface area (Å²) in [6.07, 6.45) is 6.82. The van der Waals surface area contributed by atoms with Gasteiger partial charge in [-0.3, -0.25) is 14.8 Å². The van der Waals surface area contributed by atoms with Crippen LogP contribution in [0.15, 0.2) is 42.3 Å². The third kappa shape index (κ3) is 2.55. The lowest BCUT2D eigenvalue weighted by Gasteiger charge is -2.34. The average Bonchev–Trinajstić information content (AvgIpc) is 3.04. The summed E-state index contributed by atoms with van der Waals surface area (Å²) in [5.74, 6) is -0.927. The Morgan fingerprint density at radius 1 is 1.22 bits per heavy atom. The third-order valence-corrected chi connectivity index (χ3v) is 5.16. The lowest BCUT2D eigenvalue weighted by molar-refractivity contribution is -0.144. The molecule has 0 amide bonds. The molecule has 0 unspecified atom stereocenters. The number of thiazole rings is 1. The number of anilines is 1. The quantitative estimate of drug-likeness (QED) is 0.766. The van der Waals surface area contributed by atoms with E-state index in [4.69, 9.17) is 5.11 Å². The van der Waals surface area contributed by atoms with E-state index in [1.807, 2.05) is 24.0 Å². The molecule has 6 heteroatoms. The van der Waals surface area contributed by atoms with E-state index in [1.54, 1.807) is 17.5 Å². The van der Waals surface area contributed by atoms with Crippen molar-refractivity contribution in [2.24, 2.45) is 5.92 Å². The van der Waals surface area contributed by atoms with Gasteiger partial charge in [0.25, 0.3) is 0 Å². The van der Waals surface area contributed by atoms with Gasteiger partial charge in [0.1, 0.15) is 0 Å². The van der Waals surface area contributed by atoms with Crippen molar-refractivity contribution in [3.8, 4) is 10.4 Å². The van der Waals surface area contributed by atoms with Gasteiger partial charge in [0, 0.05) is 41.0 Å². The van der Waals surface area contributed by atoms with Gasteiger partial charge in [0.2, 0.25) is 0 Å². The van der Waals surface area contributed by atoms with Gasteiger partial charge in [-0.05, 0) is 18.9 Å². The van der Waals surface area contributed by atoms with E-state index in [0.717, 1.165) is 26.9 Å². The Morgan fingerprint density at radius 2 is 2.09 bits per heavy atom. The Morgan fingerprint density at radius 3 is 2.83 bits per heavy atom. The molecule has 0 saturated heterocycles. The topological polar surface area (TPSA) is 75.1 Å². The minimum absolute atomic E-state index is 0.196. The van der Waals surface area contributed by atoms with E-state index in [0.29, 0.717) is 12.8 Å². The van der Waals surface area contributed by atoms with Gasteiger partial charge >= 0.3 is 5.97 Å². The molecule has 4 rings (SSSR count). The molecule has 0 atom stereocenters. The minimum Gasteiger partial charge on any atom is -0.481 e. The minimum atomic E-state index is -0.701. The number of nitrogens with one attached hydrogen (secondary N) is 1. The normalized spacial score (nSPS) is 20.2. The van der Waals surface area contributed by atoms with Crippen molar-refractivity contribution in [2.75, 3.05) is 5.32 Å². The molecule has 3 aromatic rings. The van der Waals surface area contributed by atoms with Crippen molar-refractivity contribution in [1.29, 1.82) is 0 Å². The summed E-state index contributed by atoms with van der Waals surface area (Å²) >= 11 is 1.60. The number of hydrogen-bond donors (Lipinski definition) is 2.